The van der Waals surface area contributed by atoms with Gasteiger partial charge in [0.05, 0.1) is 41.2 Å². The van der Waals surface area contributed by atoms with Gasteiger partial charge in [0, 0.05) is 18.3 Å². The lowest BCUT2D eigenvalue weighted by atomic mass is 9.99. The fraction of sp³-hybridized carbons (Fsp3) is 0.222. The van der Waals surface area contributed by atoms with E-state index >= 15 is 4.39 Å². The Balaban J connectivity index is 1.66. The number of aromatic amines is 1. The van der Waals surface area contributed by atoms with Crippen LogP contribution in [0.15, 0.2) is 72.9 Å². The Morgan fingerprint density at radius 3 is 2.53 bits per heavy atom. The van der Waals surface area contributed by atoms with Gasteiger partial charge >= 0.3 is 0 Å². The first-order valence-corrected chi connectivity index (χ1v) is 11.5. The predicted molar refractivity (Wildman–Crippen MR) is 133 cm³/mol. The van der Waals surface area contributed by atoms with Gasteiger partial charge in [-0.3, -0.25) is 14.9 Å². The number of carbonyl (C=O) groups is 1. The highest BCUT2D eigenvalue weighted by Gasteiger charge is 2.28. The molecule has 0 fully saturated rings. The molecule has 0 saturated heterocycles. The van der Waals surface area contributed by atoms with E-state index in [0.717, 1.165) is 5.69 Å². The van der Waals surface area contributed by atoms with Gasteiger partial charge in [0.2, 0.25) is 0 Å². The van der Waals surface area contributed by atoms with Gasteiger partial charge in [-0.25, -0.2) is 8.78 Å². The summed E-state index contributed by atoms with van der Waals surface area (Å²) in [6, 6.07) is 16.3. The molecule has 0 spiro atoms. The smallest absolute Gasteiger partial charge is 0.252 e. The molecule has 0 radical (unpaired) electrons. The number of likely N-dealkylation sites (N-methyl/N-ethyl adjacent to an activating group) is 1. The highest BCUT2D eigenvalue weighted by molar-refractivity contribution is 6.01. The Labute approximate surface area is 207 Å². The molecule has 4 rings (SSSR count). The highest BCUT2D eigenvalue weighted by atomic mass is 19.1. The van der Waals surface area contributed by atoms with Crippen molar-refractivity contribution in [2.75, 3.05) is 20.7 Å². The molecule has 0 aliphatic heterocycles. The molecular weight excluding hydrogens is 464 g/mol. The van der Waals surface area contributed by atoms with Crippen LogP contribution in [0.1, 0.15) is 16.1 Å². The minimum Gasteiger partial charge on any atom is -0.395 e. The molecule has 0 aliphatic rings. The van der Waals surface area contributed by atoms with Crippen molar-refractivity contribution < 1.29 is 18.7 Å². The number of aliphatic hydroxyl groups excluding tert-OH is 1. The van der Waals surface area contributed by atoms with Gasteiger partial charge in [0.1, 0.15) is 11.6 Å². The van der Waals surface area contributed by atoms with Gasteiger partial charge in [-0.05, 0) is 74.3 Å². The van der Waals surface area contributed by atoms with Crippen LogP contribution in [0.25, 0.3) is 22.5 Å². The number of aromatic nitrogens is 3. The van der Waals surface area contributed by atoms with Gasteiger partial charge in [0.15, 0.2) is 0 Å². The second-order valence-corrected chi connectivity index (χ2v) is 8.65. The molecular formula is C27H27F2N5O2. The first-order valence-electron chi connectivity index (χ1n) is 11.5. The third kappa shape index (κ3) is 5.64. The number of amides is 1. The number of rotatable bonds is 9. The molecule has 2 aromatic carbocycles. The highest BCUT2D eigenvalue weighted by Crippen LogP contribution is 2.29. The average Bonchev–Trinajstić information content (AvgIpc) is 3.35. The van der Waals surface area contributed by atoms with Crippen LogP contribution >= 0.6 is 0 Å². The van der Waals surface area contributed by atoms with Crippen molar-refractivity contribution in [3.8, 4) is 22.5 Å². The van der Waals surface area contributed by atoms with E-state index in [1.807, 2.05) is 31.1 Å². The molecule has 9 heteroatoms. The SMILES string of the molecule is CN(C)[C@H](CO)[C@H](Cc1ccccn1)NC(=O)c1cccc(F)c1-c1cc(-c2ccc(F)cc2)[nH]n1. The van der Waals surface area contributed by atoms with Crippen molar-refractivity contribution >= 4 is 5.91 Å². The normalized spacial score (nSPS) is 12.9. The van der Waals surface area contributed by atoms with E-state index in [1.165, 1.54) is 30.3 Å². The number of halogens is 2. The number of aliphatic hydroxyl groups is 1. The van der Waals surface area contributed by atoms with Crippen molar-refractivity contribution in [3.63, 3.8) is 0 Å². The van der Waals surface area contributed by atoms with E-state index in [9.17, 15) is 14.3 Å². The Morgan fingerprint density at radius 1 is 1.08 bits per heavy atom. The zero-order valence-corrected chi connectivity index (χ0v) is 20.0. The maximum Gasteiger partial charge on any atom is 0.252 e. The zero-order chi connectivity index (χ0) is 25.7. The quantitative estimate of drug-likeness (QED) is 0.332. The van der Waals surface area contributed by atoms with Crippen LogP contribution in [0.2, 0.25) is 0 Å². The van der Waals surface area contributed by atoms with Gasteiger partial charge in [-0.1, -0.05) is 12.1 Å². The van der Waals surface area contributed by atoms with Crippen LogP contribution < -0.4 is 5.32 Å². The topological polar surface area (TPSA) is 94.1 Å². The van der Waals surface area contributed by atoms with Crippen LogP contribution in [0, 0.1) is 11.6 Å². The number of pyridine rings is 1. The molecule has 7 nitrogen and oxygen atoms in total. The van der Waals surface area contributed by atoms with Crippen molar-refractivity contribution in [2.24, 2.45) is 0 Å². The molecule has 0 saturated carbocycles. The van der Waals surface area contributed by atoms with E-state index < -0.39 is 23.8 Å². The van der Waals surface area contributed by atoms with Gasteiger partial charge < -0.3 is 15.3 Å². The average molecular weight is 492 g/mol. The maximum absolute atomic E-state index is 15.1. The Bertz CT molecular complexity index is 1310. The van der Waals surface area contributed by atoms with Gasteiger partial charge in [0.25, 0.3) is 5.91 Å². The number of nitrogens with zero attached hydrogens (tertiary/aromatic N) is 3. The summed E-state index contributed by atoms with van der Waals surface area (Å²) in [6.45, 7) is -0.193. The van der Waals surface area contributed by atoms with Crippen molar-refractivity contribution in [1.82, 2.24) is 25.4 Å². The summed E-state index contributed by atoms with van der Waals surface area (Å²) in [7, 11) is 3.62. The van der Waals surface area contributed by atoms with Crippen molar-refractivity contribution in [3.05, 3.63) is 95.8 Å². The molecule has 2 heterocycles. The van der Waals surface area contributed by atoms with Crippen LogP contribution in [0.5, 0.6) is 0 Å². The van der Waals surface area contributed by atoms with Crippen LogP contribution in [0.4, 0.5) is 8.78 Å². The fourth-order valence-corrected chi connectivity index (χ4v) is 4.12. The number of hydrogen-bond donors (Lipinski definition) is 3. The molecule has 0 aliphatic carbocycles. The minimum absolute atomic E-state index is 0.0431. The number of hydrogen-bond acceptors (Lipinski definition) is 5. The molecule has 3 N–H and O–H groups in total. The Kier molecular flexibility index (Phi) is 7.82. The number of carbonyl (C=O) groups excluding carboxylic acids is 1. The third-order valence-corrected chi connectivity index (χ3v) is 6.03. The summed E-state index contributed by atoms with van der Waals surface area (Å²) in [5, 5.41) is 20.0. The lowest BCUT2D eigenvalue weighted by Gasteiger charge is -2.31. The summed E-state index contributed by atoms with van der Waals surface area (Å²) in [4.78, 5) is 19.6. The molecule has 0 unspecified atom stereocenters. The second-order valence-electron chi connectivity index (χ2n) is 8.65. The predicted octanol–water partition coefficient (Wildman–Crippen LogP) is 3.68. The van der Waals surface area contributed by atoms with Crippen LogP contribution in [-0.4, -0.2) is 63.9 Å². The fourth-order valence-electron chi connectivity index (χ4n) is 4.12. The summed E-state index contributed by atoms with van der Waals surface area (Å²) in [6.07, 6.45) is 2.04. The van der Waals surface area contributed by atoms with Crippen LogP contribution in [0.3, 0.4) is 0 Å². The molecule has 0 bridgehead atoms. The van der Waals surface area contributed by atoms with Crippen molar-refractivity contribution in [2.45, 2.75) is 18.5 Å². The largest absolute Gasteiger partial charge is 0.395 e. The van der Waals surface area contributed by atoms with E-state index in [1.54, 1.807) is 30.5 Å². The zero-order valence-electron chi connectivity index (χ0n) is 20.0. The van der Waals surface area contributed by atoms with E-state index in [2.05, 4.69) is 20.5 Å². The molecule has 2 aromatic heterocycles. The van der Waals surface area contributed by atoms with Crippen LogP contribution in [-0.2, 0) is 6.42 Å². The molecule has 186 valence electrons. The monoisotopic (exact) mass is 491 g/mol. The van der Waals surface area contributed by atoms with E-state index in [0.29, 0.717) is 17.7 Å². The molecule has 2 atom stereocenters. The maximum atomic E-state index is 15.1. The Morgan fingerprint density at radius 2 is 1.86 bits per heavy atom. The third-order valence-electron chi connectivity index (χ3n) is 6.03. The number of H-pyrrole nitrogens is 1. The second kappa shape index (κ2) is 11.2. The van der Waals surface area contributed by atoms with Crippen molar-refractivity contribution in [1.29, 1.82) is 0 Å². The molecule has 36 heavy (non-hydrogen) atoms. The first kappa shape index (κ1) is 25.2. The summed E-state index contributed by atoms with van der Waals surface area (Å²) >= 11 is 0. The minimum atomic E-state index is -0.604. The number of nitrogens with one attached hydrogen (secondary N) is 2. The standard InChI is InChI=1S/C27H27F2N5O2/c1-34(2)25(16-35)23(14-19-6-3-4-13-30-19)31-27(36)20-7-5-8-21(29)26(20)24-15-22(32-33-24)17-9-11-18(28)12-10-17/h3-13,15,23,25,35H,14,16H2,1-2H3,(H,31,36)(H,32,33)/t23-,25+/m0/s1. The molecule has 4 aromatic rings. The summed E-state index contributed by atoms with van der Waals surface area (Å²) in [5.41, 5.74) is 2.37. The summed E-state index contributed by atoms with van der Waals surface area (Å²) in [5.74, 6) is -1.48. The summed E-state index contributed by atoms with van der Waals surface area (Å²) < 4.78 is 28.4. The van der Waals surface area contributed by atoms with E-state index in [-0.39, 0.29) is 29.2 Å². The lowest BCUT2D eigenvalue weighted by molar-refractivity contribution is 0.0866. The van der Waals surface area contributed by atoms with E-state index in [4.69, 9.17) is 0 Å². The Hall–Kier alpha value is -3.95. The number of benzene rings is 2. The van der Waals surface area contributed by atoms with Gasteiger partial charge in [-0.2, -0.15) is 5.10 Å². The first-order chi connectivity index (χ1) is 17.4. The molecule has 1 amide bonds. The van der Waals surface area contributed by atoms with Gasteiger partial charge in [-0.15, -0.1) is 0 Å². The lowest BCUT2D eigenvalue weighted by Crippen LogP contribution is -2.52.